The highest BCUT2D eigenvalue weighted by atomic mass is 16.5. The Labute approximate surface area is 152 Å². The summed E-state index contributed by atoms with van der Waals surface area (Å²) in [5.74, 6) is 1.09. The molecule has 0 aromatic carbocycles. The Kier molecular flexibility index (Phi) is 4.94. The molecule has 2 aromatic rings. The maximum atomic E-state index is 12.4. The molecule has 0 bridgehead atoms. The van der Waals surface area contributed by atoms with Crippen molar-refractivity contribution in [2.45, 2.75) is 31.7 Å². The molecule has 26 heavy (non-hydrogen) atoms. The van der Waals surface area contributed by atoms with Crippen LogP contribution in [0.25, 0.3) is 11.4 Å². The molecule has 2 aliphatic heterocycles. The molecule has 138 valence electrons. The van der Waals surface area contributed by atoms with Crippen molar-refractivity contribution in [3.05, 3.63) is 30.4 Å². The van der Waals surface area contributed by atoms with Gasteiger partial charge in [0.25, 0.3) is 0 Å². The smallest absolute Gasteiger partial charge is 0.237 e. The number of hydrogen-bond donors (Lipinski definition) is 3. The average Bonchev–Trinajstić information content (AvgIpc) is 3.31. The van der Waals surface area contributed by atoms with E-state index < -0.39 is 0 Å². The van der Waals surface area contributed by atoms with Gasteiger partial charge in [-0.2, -0.15) is 4.98 Å². The Balaban J connectivity index is 1.25. The first kappa shape index (κ1) is 17.1. The highest BCUT2D eigenvalue weighted by Gasteiger charge is 2.41. The van der Waals surface area contributed by atoms with E-state index in [0.29, 0.717) is 30.1 Å². The fraction of sp³-hybridized carbons (Fsp3) is 0.556. The summed E-state index contributed by atoms with van der Waals surface area (Å²) in [5.41, 5.74) is 1.10. The number of amides is 1. The minimum absolute atomic E-state index is 0.0624. The van der Waals surface area contributed by atoms with Crippen LogP contribution in [0.1, 0.15) is 25.2 Å². The Bertz CT molecular complexity index is 741. The summed E-state index contributed by atoms with van der Waals surface area (Å²) in [6.07, 6.45) is 7.11. The monoisotopic (exact) mass is 356 g/mol. The Morgan fingerprint density at radius 3 is 3.08 bits per heavy atom. The van der Waals surface area contributed by atoms with Crippen LogP contribution in [-0.2, 0) is 11.2 Å². The van der Waals surface area contributed by atoms with Crippen LogP contribution in [0.3, 0.4) is 0 Å². The fourth-order valence-electron chi connectivity index (χ4n) is 3.82. The van der Waals surface area contributed by atoms with E-state index in [2.05, 4.69) is 31.1 Å². The zero-order chi connectivity index (χ0) is 17.8. The van der Waals surface area contributed by atoms with Gasteiger partial charge in [0.1, 0.15) is 0 Å². The van der Waals surface area contributed by atoms with Crippen molar-refractivity contribution in [3.63, 3.8) is 0 Å². The van der Waals surface area contributed by atoms with E-state index in [-0.39, 0.29) is 11.9 Å². The van der Waals surface area contributed by atoms with E-state index >= 15 is 0 Å². The van der Waals surface area contributed by atoms with Gasteiger partial charge in [0, 0.05) is 37.5 Å². The molecular formula is C18H24N6O2. The predicted octanol–water partition coefficient (Wildman–Crippen LogP) is 0.522. The first-order valence-corrected chi connectivity index (χ1v) is 9.19. The molecule has 1 unspecified atom stereocenters. The topological polar surface area (TPSA) is 105 Å². The summed E-state index contributed by atoms with van der Waals surface area (Å²) in [6.45, 7) is 3.52. The lowest BCUT2D eigenvalue weighted by atomic mass is 9.77. The number of aromatic nitrogens is 3. The average molecular weight is 356 g/mol. The standard InChI is InChI=1S/C18H24N6O2/c25-17(14-10-18(12-22-14)4-8-19-9-5-18)21-7-3-15-23-16(24-26-15)13-2-1-6-20-11-13/h1-2,6,11,14,19,22H,3-5,7-10,12H2,(H,21,25). The summed E-state index contributed by atoms with van der Waals surface area (Å²) >= 11 is 0. The molecule has 3 N–H and O–H groups in total. The molecule has 1 amide bonds. The number of hydrogen-bond acceptors (Lipinski definition) is 7. The maximum absolute atomic E-state index is 12.4. The molecular weight excluding hydrogens is 332 g/mol. The van der Waals surface area contributed by atoms with Gasteiger partial charge in [-0.05, 0) is 49.9 Å². The number of pyridine rings is 1. The molecule has 2 saturated heterocycles. The van der Waals surface area contributed by atoms with E-state index in [1.165, 1.54) is 0 Å². The molecule has 0 aliphatic carbocycles. The number of piperidine rings is 1. The van der Waals surface area contributed by atoms with Crippen LogP contribution in [-0.4, -0.2) is 53.3 Å². The highest BCUT2D eigenvalue weighted by molar-refractivity contribution is 5.82. The maximum Gasteiger partial charge on any atom is 0.237 e. The van der Waals surface area contributed by atoms with E-state index in [9.17, 15) is 4.79 Å². The Morgan fingerprint density at radius 2 is 2.27 bits per heavy atom. The summed E-state index contributed by atoms with van der Waals surface area (Å²) < 4.78 is 5.25. The fourth-order valence-corrected chi connectivity index (χ4v) is 3.82. The molecule has 2 aliphatic rings. The third-order valence-electron chi connectivity index (χ3n) is 5.37. The lowest BCUT2D eigenvalue weighted by Crippen LogP contribution is -2.41. The number of nitrogens with zero attached hydrogens (tertiary/aromatic N) is 3. The van der Waals surface area contributed by atoms with Crippen LogP contribution in [0.4, 0.5) is 0 Å². The van der Waals surface area contributed by atoms with Gasteiger partial charge in [-0.25, -0.2) is 0 Å². The summed E-state index contributed by atoms with van der Waals surface area (Å²) in [6, 6.07) is 3.61. The van der Waals surface area contributed by atoms with E-state index in [4.69, 9.17) is 4.52 Å². The SMILES string of the molecule is O=C(NCCc1nc(-c2cccnc2)no1)C1CC2(CCNCC2)CN1. The number of nitrogens with one attached hydrogen (secondary N) is 3. The normalized spacial score (nSPS) is 21.8. The van der Waals surface area contributed by atoms with Gasteiger partial charge in [0.2, 0.25) is 17.6 Å². The van der Waals surface area contributed by atoms with Crippen LogP contribution in [0.5, 0.6) is 0 Å². The third-order valence-corrected chi connectivity index (χ3v) is 5.37. The van der Waals surface area contributed by atoms with Crippen molar-refractivity contribution in [2.75, 3.05) is 26.2 Å². The zero-order valence-corrected chi connectivity index (χ0v) is 14.7. The van der Waals surface area contributed by atoms with Gasteiger partial charge >= 0.3 is 0 Å². The van der Waals surface area contributed by atoms with Crippen molar-refractivity contribution < 1.29 is 9.32 Å². The highest BCUT2D eigenvalue weighted by Crippen LogP contribution is 2.37. The van der Waals surface area contributed by atoms with Crippen molar-refractivity contribution >= 4 is 5.91 Å². The molecule has 8 nitrogen and oxygen atoms in total. The van der Waals surface area contributed by atoms with Crippen molar-refractivity contribution in [3.8, 4) is 11.4 Å². The molecule has 0 saturated carbocycles. The lowest BCUT2D eigenvalue weighted by molar-refractivity contribution is -0.122. The second kappa shape index (κ2) is 7.51. The van der Waals surface area contributed by atoms with Crippen LogP contribution >= 0.6 is 0 Å². The summed E-state index contributed by atoms with van der Waals surface area (Å²) in [4.78, 5) is 20.8. The summed E-state index contributed by atoms with van der Waals surface area (Å²) in [5, 5.41) is 13.7. The molecule has 2 aromatic heterocycles. The van der Waals surface area contributed by atoms with E-state index in [1.807, 2.05) is 12.1 Å². The summed E-state index contributed by atoms with van der Waals surface area (Å²) in [7, 11) is 0. The predicted molar refractivity (Wildman–Crippen MR) is 95.2 cm³/mol. The quantitative estimate of drug-likeness (QED) is 0.717. The second-order valence-electron chi connectivity index (χ2n) is 7.18. The molecule has 8 heteroatoms. The first-order chi connectivity index (χ1) is 12.7. The molecule has 0 radical (unpaired) electrons. The molecule has 1 spiro atoms. The van der Waals surface area contributed by atoms with Crippen molar-refractivity contribution in [1.82, 2.24) is 31.1 Å². The van der Waals surface area contributed by atoms with Crippen molar-refractivity contribution in [2.24, 2.45) is 5.41 Å². The second-order valence-corrected chi connectivity index (χ2v) is 7.18. The first-order valence-electron chi connectivity index (χ1n) is 9.19. The van der Waals surface area contributed by atoms with Gasteiger partial charge in [-0.15, -0.1) is 0 Å². The van der Waals surface area contributed by atoms with Crippen LogP contribution in [0.15, 0.2) is 29.0 Å². The van der Waals surface area contributed by atoms with Gasteiger partial charge < -0.3 is 20.5 Å². The molecule has 4 rings (SSSR count). The minimum atomic E-state index is -0.0956. The van der Waals surface area contributed by atoms with Gasteiger partial charge in [-0.1, -0.05) is 5.16 Å². The van der Waals surface area contributed by atoms with Crippen LogP contribution in [0.2, 0.25) is 0 Å². The van der Waals surface area contributed by atoms with Crippen LogP contribution < -0.4 is 16.0 Å². The van der Waals surface area contributed by atoms with Crippen LogP contribution in [0, 0.1) is 5.41 Å². The van der Waals surface area contributed by atoms with E-state index in [0.717, 1.165) is 44.5 Å². The Morgan fingerprint density at radius 1 is 1.38 bits per heavy atom. The molecule has 4 heterocycles. The Hall–Kier alpha value is -2.32. The van der Waals surface area contributed by atoms with E-state index in [1.54, 1.807) is 12.4 Å². The van der Waals surface area contributed by atoms with Gasteiger partial charge in [0.05, 0.1) is 6.04 Å². The number of carbonyl (C=O) groups excluding carboxylic acids is 1. The van der Waals surface area contributed by atoms with Gasteiger partial charge in [-0.3, -0.25) is 9.78 Å². The lowest BCUT2D eigenvalue weighted by Gasteiger charge is -2.33. The minimum Gasteiger partial charge on any atom is -0.354 e. The molecule has 2 fully saturated rings. The zero-order valence-electron chi connectivity index (χ0n) is 14.7. The number of carbonyl (C=O) groups is 1. The third kappa shape index (κ3) is 3.76. The molecule has 1 atom stereocenters. The number of rotatable bonds is 5. The van der Waals surface area contributed by atoms with Gasteiger partial charge in [0.15, 0.2) is 0 Å². The largest absolute Gasteiger partial charge is 0.354 e. The van der Waals surface area contributed by atoms with Crippen molar-refractivity contribution in [1.29, 1.82) is 0 Å².